The number of fused-ring (bicyclic) bond motifs is 3. The van der Waals surface area contributed by atoms with E-state index in [4.69, 9.17) is 14.1 Å². The fourth-order valence-electron chi connectivity index (χ4n) is 3.70. The van der Waals surface area contributed by atoms with Gasteiger partial charge in [-0.1, -0.05) is 36.4 Å². The smallest absolute Gasteiger partial charge is 0.209 e. The Morgan fingerprint density at radius 1 is 0.963 bits per heavy atom. The molecule has 1 N–H and O–H groups in total. The Bertz CT molecular complexity index is 1100. The van der Waals surface area contributed by atoms with Crippen molar-refractivity contribution in [1.29, 1.82) is 0 Å². The first kappa shape index (κ1) is 16.3. The second kappa shape index (κ2) is 6.68. The van der Waals surface area contributed by atoms with Gasteiger partial charge in [0.25, 0.3) is 0 Å². The van der Waals surface area contributed by atoms with Crippen molar-refractivity contribution in [2.24, 2.45) is 0 Å². The van der Waals surface area contributed by atoms with Crippen LogP contribution in [0.4, 0.5) is 0 Å². The van der Waals surface area contributed by atoms with E-state index in [0.29, 0.717) is 6.54 Å². The van der Waals surface area contributed by atoms with Crippen LogP contribution in [0.15, 0.2) is 59.0 Å². The summed E-state index contributed by atoms with van der Waals surface area (Å²) in [5.74, 6) is 0.998. The Hall–Kier alpha value is -2.89. The zero-order valence-corrected chi connectivity index (χ0v) is 14.9. The third-order valence-electron chi connectivity index (χ3n) is 5.08. The van der Waals surface area contributed by atoms with Crippen LogP contribution in [0.5, 0.6) is 5.75 Å². The Morgan fingerprint density at radius 3 is 2.48 bits per heavy atom. The molecule has 1 aliphatic heterocycles. The summed E-state index contributed by atoms with van der Waals surface area (Å²) in [5, 5.41) is 11.8. The molecule has 0 bridgehead atoms. The molecule has 0 saturated carbocycles. The Kier molecular flexibility index (Phi) is 4.03. The number of hydrogen-bond acceptors (Lipinski definition) is 5. The summed E-state index contributed by atoms with van der Waals surface area (Å²) in [6.45, 7) is 4.01. The van der Waals surface area contributed by atoms with Crippen LogP contribution in [0.25, 0.3) is 33.0 Å². The lowest BCUT2D eigenvalue weighted by Gasteiger charge is -2.24. The van der Waals surface area contributed by atoms with E-state index in [-0.39, 0.29) is 5.75 Å². The lowest BCUT2D eigenvalue weighted by Crippen LogP contribution is -2.35. The van der Waals surface area contributed by atoms with Crippen molar-refractivity contribution in [3.05, 3.63) is 60.5 Å². The molecular weight excluding hydrogens is 340 g/mol. The number of oxazole rings is 1. The van der Waals surface area contributed by atoms with Gasteiger partial charge >= 0.3 is 0 Å². The van der Waals surface area contributed by atoms with Gasteiger partial charge in [-0.05, 0) is 34.7 Å². The van der Waals surface area contributed by atoms with Crippen LogP contribution >= 0.6 is 0 Å². The highest BCUT2D eigenvalue weighted by Gasteiger charge is 2.17. The number of phenols is 1. The average molecular weight is 360 g/mol. The second-order valence-electron chi connectivity index (χ2n) is 6.86. The van der Waals surface area contributed by atoms with Crippen LogP contribution in [-0.2, 0) is 11.3 Å². The van der Waals surface area contributed by atoms with Crippen LogP contribution in [0.2, 0.25) is 0 Å². The molecule has 3 aromatic carbocycles. The first-order chi connectivity index (χ1) is 13.3. The molecule has 1 fully saturated rings. The molecule has 0 amide bonds. The molecular formula is C22H20N2O3. The van der Waals surface area contributed by atoms with Crippen LogP contribution in [0.1, 0.15) is 5.89 Å². The monoisotopic (exact) mass is 360 g/mol. The normalized spacial score (nSPS) is 15.6. The number of phenolic OH excluding ortho intramolecular Hbond substituents is 1. The van der Waals surface area contributed by atoms with Crippen LogP contribution in [0.3, 0.4) is 0 Å². The zero-order chi connectivity index (χ0) is 18.2. The van der Waals surface area contributed by atoms with Crippen molar-refractivity contribution < 1.29 is 14.3 Å². The van der Waals surface area contributed by atoms with Gasteiger partial charge in [0.05, 0.1) is 19.8 Å². The molecule has 4 aromatic rings. The number of nitrogens with zero attached hydrogens (tertiary/aromatic N) is 2. The molecule has 5 rings (SSSR count). The van der Waals surface area contributed by atoms with E-state index in [1.807, 2.05) is 24.3 Å². The van der Waals surface area contributed by atoms with E-state index in [9.17, 15) is 5.11 Å². The molecule has 2 heterocycles. The zero-order valence-electron chi connectivity index (χ0n) is 14.9. The summed E-state index contributed by atoms with van der Waals surface area (Å²) in [6.07, 6.45) is 0. The minimum absolute atomic E-state index is 0.262. The minimum atomic E-state index is 0.262. The summed E-state index contributed by atoms with van der Waals surface area (Å²) in [5.41, 5.74) is 3.82. The number of aromatic nitrogens is 1. The van der Waals surface area contributed by atoms with Crippen molar-refractivity contribution >= 4 is 21.9 Å². The predicted molar refractivity (Wildman–Crippen MR) is 105 cm³/mol. The summed E-state index contributed by atoms with van der Waals surface area (Å²) in [4.78, 5) is 7.06. The van der Waals surface area contributed by atoms with Crippen molar-refractivity contribution in [3.63, 3.8) is 0 Å². The Labute approximate surface area is 156 Å². The molecule has 1 aromatic heterocycles. The maximum Gasteiger partial charge on any atom is 0.209 e. The van der Waals surface area contributed by atoms with E-state index in [2.05, 4.69) is 23.1 Å². The van der Waals surface area contributed by atoms with Gasteiger partial charge in [0.1, 0.15) is 11.3 Å². The molecule has 136 valence electrons. The van der Waals surface area contributed by atoms with Crippen LogP contribution < -0.4 is 0 Å². The van der Waals surface area contributed by atoms with Gasteiger partial charge in [-0.25, -0.2) is 4.98 Å². The molecule has 5 heteroatoms. The summed E-state index contributed by atoms with van der Waals surface area (Å²) in [6, 6.07) is 17.6. The highest BCUT2D eigenvalue weighted by Crippen LogP contribution is 2.35. The maximum absolute atomic E-state index is 9.61. The standard InChI is InChI=1S/C22H20N2O3/c25-16-7-5-15(6-8-16)19-13-20-22(18-4-2-1-3-17(18)19)27-21(23-20)14-24-9-11-26-12-10-24/h1-8,13,25H,9-12,14H2. The van der Waals surface area contributed by atoms with Gasteiger partial charge in [0.2, 0.25) is 5.89 Å². The van der Waals surface area contributed by atoms with Gasteiger partial charge < -0.3 is 14.3 Å². The summed E-state index contributed by atoms with van der Waals surface area (Å²) in [7, 11) is 0. The van der Waals surface area contributed by atoms with Crippen molar-refractivity contribution in [2.75, 3.05) is 26.3 Å². The number of benzene rings is 3. The molecule has 27 heavy (non-hydrogen) atoms. The minimum Gasteiger partial charge on any atom is -0.508 e. The molecule has 0 atom stereocenters. The van der Waals surface area contributed by atoms with E-state index in [1.165, 1.54) is 0 Å². The first-order valence-electron chi connectivity index (χ1n) is 9.18. The SMILES string of the molecule is Oc1ccc(-c2cc3nc(CN4CCOCC4)oc3c3ccccc23)cc1. The highest BCUT2D eigenvalue weighted by molar-refractivity contribution is 6.10. The van der Waals surface area contributed by atoms with Gasteiger partial charge in [-0.3, -0.25) is 4.90 Å². The number of ether oxygens (including phenoxy) is 1. The van der Waals surface area contributed by atoms with Gasteiger partial charge in [-0.15, -0.1) is 0 Å². The third kappa shape index (κ3) is 3.05. The number of hydrogen-bond donors (Lipinski definition) is 1. The Morgan fingerprint density at radius 2 is 1.70 bits per heavy atom. The van der Waals surface area contributed by atoms with Crippen molar-refractivity contribution in [3.8, 4) is 16.9 Å². The van der Waals surface area contributed by atoms with Crippen molar-refractivity contribution in [2.45, 2.75) is 6.54 Å². The largest absolute Gasteiger partial charge is 0.508 e. The predicted octanol–water partition coefficient (Wildman–Crippen LogP) is 4.19. The molecule has 0 spiro atoms. The second-order valence-corrected chi connectivity index (χ2v) is 6.86. The number of rotatable bonds is 3. The van der Waals surface area contributed by atoms with Crippen LogP contribution in [0, 0.1) is 0 Å². The molecule has 1 saturated heterocycles. The molecule has 0 unspecified atom stereocenters. The summed E-state index contributed by atoms with van der Waals surface area (Å²) >= 11 is 0. The molecule has 0 aliphatic carbocycles. The van der Waals surface area contributed by atoms with E-state index >= 15 is 0 Å². The highest BCUT2D eigenvalue weighted by atomic mass is 16.5. The number of morpholine rings is 1. The van der Waals surface area contributed by atoms with Crippen molar-refractivity contribution in [1.82, 2.24) is 9.88 Å². The fourth-order valence-corrected chi connectivity index (χ4v) is 3.70. The average Bonchev–Trinajstić information content (AvgIpc) is 3.11. The van der Waals surface area contributed by atoms with E-state index in [1.54, 1.807) is 12.1 Å². The third-order valence-corrected chi connectivity index (χ3v) is 5.08. The first-order valence-corrected chi connectivity index (χ1v) is 9.18. The fraction of sp³-hybridized carbons (Fsp3) is 0.227. The van der Waals surface area contributed by atoms with Gasteiger partial charge in [0.15, 0.2) is 5.58 Å². The topological polar surface area (TPSA) is 58.7 Å². The van der Waals surface area contributed by atoms with Gasteiger partial charge in [0, 0.05) is 18.5 Å². The lowest BCUT2D eigenvalue weighted by molar-refractivity contribution is 0.0308. The molecule has 1 aliphatic rings. The maximum atomic E-state index is 9.61. The number of aromatic hydroxyl groups is 1. The van der Waals surface area contributed by atoms with Crippen LogP contribution in [-0.4, -0.2) is 41.3 Å². The molecule has 0 radical (unpaired) electrons. The summed E-state index contributed by atoms with van der Waals surface area (Å²) < 4.78 is 11.6. The van der Waals surface area contributed by atoms with E-state index in [0.717, 1.165) is 65.2 Å². The lowest BCUT2D eigenvalue weighted by atomic mass is 9.97. The van der Waals surface area contributed by atoms with E-state index < -0.39 is 0 Å². The quantitative estimate of drug-likeness (QED) is 0.594. The Balaban J connectivity index is 1.63. The molecule has 5 nitrogen and oxygen atoms in total. The van der Waals surface area contributed by atoms with Gasteiger partial charge in [-0.2, -0.15) is 0 Å².